The maximum absolute atomic E-state index is 11.5. The molecule has 0 fully saturated rings. The Bertz CT molecular complexity index is 505. The van der Waals surface area contributed by atoms with Gasteiger partial charge >= 0.3 is 0 Å². The first kappa shape index (κ1) is 9.58. The van der Waals surface area contributed by atoms with Gasteiger partial charge in [0.1, 0.15) is 0 Å². The SMILES string of the molecule is CCc1c(-c2cccnc2)nc[nH]c1=O. The van der Waals surface area contributed by atoms with E-state index in [4.69, 9.17) is 0 Å². The summed E-state index contributed by atoms with van der Waals surface area (Å²) in [5.74, 6) is 0. The van der Waals surface area contributed by atoms with Gasteiger partial charge in [0.15, 0.2) is 0 Å². The normalized spacial score (nSPS) is 10.2. The molecule has 0 bridgehead atoms. The van der Waals surface area contributed by atoms with Gasteiger partial charge in [0, 0.05) is 23.5 Å². The number of hydrogen-bond donors (Lipinski definition) is 1. The van der Waals surface area contributed by atoms with Crippen LogP contribution in [0.3, 0.4) is 0 Å². The number of pyridine rings is 1. The van der Waals surface area contributed by atoms with E-state index in [-0.39, 0.29) is 5.56 Å². The lowest BCUT2D eigenvalue weighted by molar-refractivity contribution is 1.01. The molecule has 2 aromatic heterocycles. The summed E-state index contributed by atoms with van der Waals surface area (Å²) < 4.78 is 0. The molecular weight excluding hydrogens is 190 g/mol. The highest BCUT2D eigenvalue weighted by atomic mass is 16.1. The molecule has 76 valence electrons. The van der Waals surface area contributed by atoms with E-state index in [0.29, 0.717) is 17.7 Å². The second-order valence-electron chi connectivity index (χ2n) is 3.15. The van der Waals surface area contributed by atoms with Gasteiger partial charge in [0.25, 0.3) is 5.56 Å². The van der Waals surface area contributed by atoms with Crippen LogP contribution in [0, 0.1) is 0 Å². The van der Waals surface area contributed by atoms with Crippen LogP contribution in [-0.2, 0) is 6.42 Å². The monoisotopic (exact) mass is 201 g/mol. The minimum atomic E-state index is -0.0775. The molecule has 2 aromatic rings. The van der Waals surface area contributed by atoms with Gasteiger partial charge in [-0.1, -0.05) is 6.92 Å². The van der Waals surface area contributed by atoms with Crippen molar-refractivity contribution in [1.82, 2.24) is 15.0 Å². The van der Waals surface area contributed by atoms with Gasteiger partial charge in [-0.25, -0.2) is 4.98 Å². The average Bonchev–Trinajstić information content (AvgIpc) is 2.30. The molecule has 2 heterocycles. The summed E-state index contributed by atoms with van der Waals surface area (Å²) in [6, 6.07) is 3.73. The predicted molar refractivity (Wildman–Crippen MR) is 57.5 cm³/mol. The topological polar surface area (TPSA) is 58.6 Å². The predicted octanol–water partition coefficient (Wildman–Crippen LogP) is 1.39. The van der Waals surface area contributed by atoms with Crippen molar-refractivity contribution < 1.29 is 0 Å². The Labute approximate surface area is 87.0 Å². The van der Waals surface area contributed by atoms with Gasteiger partial charge in [-0.3, -0.25) is 9.78 Å². The summed E-state index contributed by atoms with van der Waals surface area (Å²) in [6.07, 6.45) is 5.49. The Kier molecular flexibility index (Phi) is 2.58. The van der Waals surface area contributed by atoms with E-state index in [1.165, 1.54) is 6.33 Å². The van der Waals surface area contributed by atoms with Crippen LogP contribution >= 0.6 is 0 Å². The fraction of sp³-hybridized carbons (Fsp3) is 0.182. The van der Waals surface area contributed by atoms with Gasteiger partial charge in [0.05, 0.1) is 12.0 Å². The molecule has 0 saturated heterocycles. The number of hydrogen-bond acceptors (Lipinski definition) is 3. The maximum atomic E-state index is 11.5. The summed E-state index contributed by atoms with van der Waals surface area (Å²) in [5, 5.41) is 0. The van der Waals surface area contributed by atoms with Crippen LogP contribution in [0.25, 0.3) is 11.3 Å². The highest BCUT2D eigenvalue weighted by Gasteiger charge is 2.08. The van der Waals surface area contributed by atoms with E-state index in [1.54, 1.807) is 12.4 Å². The number of H-pyrrole nitrogens is 1. The summed E-state index contributed by atoms with van der Waals surface area (Å²) in [6.45, 7) is 1.94. The van der Waals surface area contributed by atoms with E-state index >= 15 is 0 Å². The van der Waals surface area contributed by atoms with Crippen molar-refractivity contribution in [3.8, 4) is 11.3 Å². The molecule has 0 amide bonds. The largest absolute Gasteiger partial charge is 0.313 e. The number of aromatic amines is 1. The molecule has 0 unspecified atom stereocenters. The van der Waals surface area contributed by atoms with Gasteiger partial charge in [0.2, 0.25) is 0 Å². The zero-order valence-corrected chi connectivity index (χ0v) is 8.40. The number of nitrogens with zero attached hydrogens (tertiary/aromatic N) is 2. The Morgan fingerprint density at radius 3 is 3.00 bits per heavy atom. The number of rotatable bonds is 2. The Morgan fingerprint density at radius 1 is 1.47 bits per heavy atom. The molecule has 0 aliphatic heterocycles. The zero-order valence-electron chi connectivity index (χ0n) is 8.40. The van der Waals surface area contributed by atoms with Gasteiger partial charge in [-0.05, 0) is 18.6 Å². The molecule has 0 saturated carbocycles. The van der Waals surface area contributed by atoms with Gasteiger partial charge in [-0.2, -0.15) is 0 Å². The van der Waals surface area contributed by atoms with E-state index < -0.39 is 0 Å². The van der Waals surface area contributed by atoms with Crippen molar-refractivity contribution in [2.24, 2.45) is 0 Å². The summed E-state index contributed by atoms with van der Waals surface area (Å²) in [7, 11) is 0. The third kappa shape index (κ3) is 1.79. The van der Waals surface area contributed by atoms with Crippen LogP contribution in [0.5, 0.6) is 0 Å². The first-order chi connectivity index (χ1) is 7.33. The fourth-order valence-electron chi connectivity index (χ4n) is 1.51. The molecule has 0 aliphatic rings. The average molecular weight is 201 g/mol. The molecule has 4 nitrogen and oxygen atoms in total. The van der Waals surface area contributed by atoms with E-state index in [0.717, 1.165) is 5.56 Å². The van der Waals surface area contributed by atoms with Gasteiger partial charge < -0.3 is 4.98 Å². The molecule has 4 heteroatoms. The Morgan fingerprint density at radius 2 is 2.33 bits per heavy atom. The van der Waals surface area contributed by atoms with Crippen molar-refractivity contribution in [2.75, 3.05) is 0 Å². The number of aromatic nitrogens is 3. The summed E-state index contributed by atoms with van der Waals surface area (Å²) >= 11 is 0. The standard InChI is InChI=1S/C11H11N3O/c1-2-9-10(13-7-14-11(9)15)8-4-3-5-12-6-8/h3-7H,2H2,1H3,(H,13,14,15). The Balaban J connectivity index is 2.63. The molecule has 0 spiro atoms. The molecule has 1 N–H and O–H groups in total. The van der Waals surface area contributed by atoms with E-state index in [2.05, 4.69) is 15.0 Å². The van der Waals surface area contributed by atoms with Crippen molar-refractivity contribution in [1.29, 1.82) is 0 Å². The summed E-state index contributed by atoms with van der Waals surface area (Å²) in [4.78, 5) is 22.3. The Hall–Kier alpha value is -1.97. The second-order valence-corrected chi connectivity index (χ2v) is 3.15. The lowest BCUT2D eigenvalue weighted by Gasteiger charge is -2.04. The van der Waals surface area contributed by atoms with Crippen molar-refractivity contribution in [2.45, 2.75) is 13.3 Å². The molecule has 0 aromatic carbocycles. The minimum absolute atomic E-state index is 0.0775. The third-order valence-electron chi connectivity index (χ3n) is 2.24. The lowest BCUT2D eigenvalue weighted by atomic mass is 10.1. The van der Waals surface area contributed by atoms with Crippen molar-refractivity contribution >= 4 is 0 Å². The zero-order chi connectivity index (χ0) is 10.7. The van der Waals surface area contributed by atoms with Crippen LogP contribution in [-0.4, -0.2) is 15.0 Å². The van der Waals surface area contributed by atoms with Crippen LogP contribution in [0.4, 0.5) is 0 Å². The second kappa shape index (κ2) is 4.04. The van der Waals surface area contributed by atoms with Crippen LogP contribution in [0.1, 0.15) is 12.5 Å². The van der Waals surface area contributed by atoms with Crippen LogP contribution in [0.2, 0.25) is 0 Å². The summed E-state index contributed by atoms with van der Waals surface area (Å²) in [5.41, 5.74) is 2.21. The molecule has 15 heavy (non-hydrogen) atoms. The first-order valence-corrected chi connectivity index (χ1v) is 4.80. The molecule has 2 rings (SSSR count). The fourth-order valence-corrected chi connectivity index (χ4v) is 1.51. The smallest absolute Gasteiger partial charge is 0.254 e. The van der Waals surface area contributed by atoms with Crippen LogP contribution < -0.4 is 5.56 Å². The first-order valence-electron chi connectivity index (χ1n) is 4.80. The molecule has 0 atom stereocenters. The quantitative estimate of drug-likeness (QED) is 0.798. The van der Waals surface area contributed by atoms with Crippen molar-refractivity contribution in [3.05, 3.63) is 46.8 Å². The third-order valence-corrected chi connectivity index (χ3v) is 2.24. The van der Waals surface area contributed by atoms with Crippen molar-refractivity contribution in [3.63, 3.8) is 0 Å². The minimum Gasteiger partial charge on any atom is -0.313 e. The molecule has 0 aliphatic carbocycles. The molecule has 0 radical (unpaired) electrons. The maximum Gasteiger partial charge on any atom is 0.254 e. The highest BCUT2D eigenvalue weighted by molar-refractivity contribution is 5.60. The van der Waals surface area contributed by atoms with Crippen LogP contribution in [0.15, 0.2) is 35.6 Å². The molecular formula is C11H11N3O. The number of nitrogens with one attached hydrogen (secondary N) is 1. The lowest BCUT2D eigenvalue weighted by Crippen LogP contribution is -2.14. The van der Waals surface area contributed by atoms with E-state index in [9.17, 15) is 4.79 Å². The van der Waals surface area contributed by atoms with E-state index in [1.807, 2.05) is 19.1 Å². The van der Waals surface area contributed by atoms with Gasteiger partial charge in [-0.15, -0.1) is 0 Å². The highest BCUT2D eigenvalue weighted by Crippen LogP contribution is 2.16.